The highest BCUT2D eigenvalue weighted by Gasteiger charge is 2.33. The highest BCUT2D eigenvalue weighted by molar-refractivity contribution is 7.09. The zero-order chi connectivity index (χ0) is 21.0. The molecule has 1 aromatic carbocycles. The lowest BCUT2D eigenvalue weighted by Crippen LogP contribution is -2.42. The Bertz CT molecular complexity index is 877. The number of carbonyl (C=O) groups excluding carboxylic acids is 2. The Balaban J connectivity index is 1.52. The predicted octanol–water partition coefficient (Wildman–Crippen LogP) is 4.47. The van der Waals surface area contributed by atoms with Gasteiger partial charge in [-0.05, 0) is 31.9 Å². The largest absolute Gasteiger partial charge is 0.440 e. The molecule has 0 atom stereocenters. The lowest BCUT2D eigenvalue weighted by molar-refractivity contribution is -0.162. The first-order chi connectivity index (χ1) is 13.7. The zero-order valence-corrected chi connectivity index (χ0v) is 16.5. The van der Waals surface area contributed by atoms with Crippen molar-refractivity contribution >= 4 is 29.0 Å². The van der Waals surface area contributed by atoms with E-state index < -0.39 is 18.9 Å². The Kier molecular flexibility index (Phi) is 6.41. The van der Waals surface area contributed by atoms with Gasteiger partial charge in [0, 0.05) is 35.6 Å². The fraction of sp³-hybridized carbons (Fsp3) is 0.421. The van der Waals surface area contributed by atoms with E-state index in [1.807, 2.05) is 30.5 Å². The second-order valence-corrected chi connectivity index (χ2v) is 7.82. The maximum atomic E-state index is 12.5. The van der Waals surface area contributed by atoms with E-state index in [-0.39, 0.29) is 24.9 Å². The molecule has 2 heterocycles. The van der Waals surface area contributed by atoms with Gasteiger partial charge in [0.2, 0.25) is 5.91 Å². The van der Waals surface area contributed by atoms with Gasteiger partial charge in [0.25, 0.3) is 0 Å². The van der Waals surface area contributed by atoms with Gasteiger partial charge in [-0.15, -0.1) is 11.3 Å². The van der Waals surface area contributed by atoms with Gasteiger partial charge in [-0.25, -0.2) is 9.78 Å². The van der Waals surface area contributed by atoms with Gasteiger partial charge in [0.15, 0.2) is 6.61 Å². The lowest BCUT2D eigenvalue weighted by atomic mass is 9.96. The van der Waals surface area contributed by atoms with Gasteiger partial charge >= 0.3 is 12.3 Å². The van der Waals surface area contributed by atoms with Gasteiger partial charge in [0.05, 0.1) is 10.7 Å². The number of hydrogen-bond acceptors (Lipinski definition) is 5. The summed E-state index contributed by atoms with van der Waals surface area (Å²) >= 11 is 1.55. The highest BCUT2D eigenvalue weighted by Crippen LogP contribution is 2.26. The molecule has 10 heteroatoms. The van der Waals surface area contributed by atoms with Gasteiger partial charge in [-0.2, -0.15) is 13.2 Å². The van der Waals surface area contributed by atoms with Crippen LogP contribution in [0.1, 0.15) is 17.8 Å². The van der Waals surface area contributed by atoms with E-state index in [0.29, 0.717) is 18.5 Å². The van der Waals surface area contributed by atoms with Crippen LogP contribution in [0.3, 0.4) is 0 Å². The number of halogens is 3. The van der Waals surface area contributed by atoms with Gasteiger partial charge in [-0.1, -0.05) is 12.1 Å². The number of aryl methyl sites for hydroxylation is 1. The van der Waals surface area contributed by atoms with E-state index in [1.165, 1.54) is 4.90 Å². The number of thiazole rings is 1. The van der Waals surface area contributed by atoms with Crippen LogP contribution in [0, 0.1) is 12.8 Å². The van der Waals surface area contributed by atoms with Crippen molar-refractivity contribution in [2.45, 2.75) is 25.9 Å². The third-order valence-electron chi connectivity index (χ3n) is 4.53. The molecule has 1 N–H and O–H groups in total. The number of alkyl halides is 3. The minimum atomic E-state index is -4.56. The summed E-state index contributed by atoms with van der Waals surface area (Å²) in [6, 6.07) is 7.37. The normalized spacial score (nSPS) is 15.2. The average Bonchev–Trinajstić information content (AvgIpc) is 3.12. The maximum Gasteiger partial charge on any atom is 0.422 e. The molecule has 0 radical (unpaired) electrons. The number of rotatable bonds is 4. The Labute approximate surface area is 169 Å². The SMILES string of the molecule is Cc1nc(-c2cccc(NC(=O)C3CCN(C(=O)OCC(F)(F)F)CC3)c2)cs1. The molecule has 2 amide bonds. The molecule has 0 spiro atoms. The zero-order valence-electron chi connectivity index (χ0n) is 15.7. The molecule has 0 saturated carbocycles. The van der Waals surface area contributed by atoms with Gasteiger partial charge in [0.1, 0.15) is 0 Å². The molecule has 29 heavy (non-hydrogen) atoms. The first-order valence-electron chi connectivity index (χ1n) is 9.03. The number of nitrogens with zero attached hydrogens (tertiary/aromatic N) is 2. The molecular weight excluding hydrogens is 407 g/mol. The minimum absolute atomic E-state index is 0.174. The Morgan fingerprint density at radius 1 is 1.31 bits per heavy atom. The van der Waals surface area contributed by atoms with E-state index in [2.05, 4.69) is 15.0 Å². The fourth-order valence-electron chi connectivity index (χ4n) is 3.06. The Morgan fingerprint density at radius 3 is 2.66 bits per heavy atom. The highest BCUT2D eigenvalue weighted by atomic mass is 32.1. The third-order valence-corrected chi connectivity index (χ3v) is 5.30. The molecule has 1 aromatic heterocycles. The van der Waals surface area contributed by atoms with Gasteiger partial charge in [-0.3, -0.25) is 4.79 Å². The van der Waals surface area contributed by atoms with Crippen LogP contribution >= 0.6 is 11.3 Å². The monoisotopic (exact) mass is 427 g/mol. The van der Waals surface area contributed by atoms with Crippen molar-refractivity contribution in [3.05, 3.63) is 34.7 Å². The molecule has 0 unspecified atom stereocenters. The molecule has 156 valence electrons. The van der Waals surface area contributed by atoms with E-state index >= 15 is 0 Å². The quantitative estimate of drug-likeness (QED) is 0.782. The number of amides is 2. The number of nitrogens with one attached hydrogen (secondary N) is 1. The number of piperidine rings is 1. The Hall–Kier alpha value is -2.62. The summed E-state index contributed by atoms with van der Waals surface area (Å²) in [5, 5.41) is 5.77. The first-order valence-corrected chi connectivity index (χ1v) is 9.91. The van der Waals surface area contributed by atoms with Crippen LogP contribution in [0.5, 0.6) is 0 Å². The van der Waals surface area contributed by atoms with E-state index in [9.17, 15) is 22.8 Å². The summed E-state index contributed by atoms with van der Waals surface area (Å²) in [6.07, 6.45) is -4.84. The van der Waals surface area contributed by atoms with Gasteiger partial charge < -0.3 is 15.0 Å². The number of benzene rings is 1. The first kappa shape index (κ1) is 21.1. The van der Waals surface area contributed by atoms with Crippen LogP contribution in [0.25, 0.3) is 11.3 Å². The molecule has 2 aromatic rings. The second kappa shape index (κ2) is 8.81. The Morgan fingerprint density at radius 2 is 2.03 bits per heavy atom. The van der Waals surface area contributed by atoms with E-state index in [1.54, 1.807) is 17.4 Å². The van der Waals surface area contributed by atoms with Crippen molar-refractivity contribution < 1.29 is 27.5 Å². The van der Waals surface area contributed by atoms with Crippen LogP contribution in [0.2, 0.25) is 0 Å². The molecule has 0 bridgehead atoms. The predicted molar refractivity (Wildman–Crippen MR) is 103 cm³/mol. The molecular formula is C19H20F3N3O3S. The number of carbonyl (C=O) groups is 2. The van der Waals surface area contributed by atoms with Crippen molar-refractivity contribution in [1.29, 1.82) is 0 Å². The topological polar surface area (TPSA) is 71.5 Å². The minimum Gasteiger partial charge on any atom is -0.440 e. The summed E-state index contributed by atoms with van der Waals surface area (Å²) in [5.41, 5.74) is 2.38. The fourth-order valence-corrected chi connectivity index (χ4v) is 3.68. The molecule has 0 aliphatic carbocycles. The van der Waals surface area contributed by atoms with Crippen molar-refractivity contribution in [1.82, 2.24) is 9.88 Å². The molecule has 1 aliphatic rings. The van der Waals surface area contributed by atoms with E-state index in [4.69, 9.17) is 0 Å². The molecule has 1 fully saturated rings. The van der Waals surface area contributed by atoms with Crippen LogP contribution in [0.4, 0.5) is 23.7 Å². The lowest BCUT2D eigenvalue weighted by Gasteiger charge is -2.30. The van der Waals surface area contributed by atoms with Crippen molar-refractivity contribution in [2.24, 2.45) is 5.92 Å². The second-order valence-electron chi connectivity index (χ2n) is 6.75. The third kappa shape index (κ3) is 5.93. The number of ether oxygens (including phenoxy) is 1. The van der Waals surface area contributed by atoms with Crippen LogP contribution in [-0.4, -0.2) is 47.8 Å². The summed E-state index contributed by atoms with van der Waals surface area (Å²) < 4.78 is 40.7. The number of likely N-dealkylation sites (tertiary alicyclic amines) is 1. The van der Waals surface area contributed by atoms with Crippen molar-refractivity contribution in [3.8, 4) is 11.3 Å². The van der Waals surface area contributed by atoms with E-state index in [0.717, 1.165) is 16.3 Å². The smallest absolute Gasteiger partial charge is 0.422 e. The molecule has 3 rings (SSSR count). The summed E-state index contributed by atoms with van der Waals surface area (Å²) in [4.78, 5) is 29.9. The number of aromatic nitrogens is 1. The van der Waals surface area contributed by atoms with Crippen LogP contribution in [0.15, 0.2) is 29.6 Å². The molecule has 1 saturated heterocycles. The molecule has 1 aliphatic heterocycles. The van der Waals surface area contributed by atoms with Crippen LogP contribution in [-0.2, 0) is 9.53 Å². The van der Waals surface area contributed by atoms with Crippen molar-refractivity contribution in [2.75, 3.05) is 25.0 Å². The standard InChI is InChI=1S/C19H20F3N3O3S/c1-12-23-16(10-29-12)14-3-2-4-15(9-14)24-17(26)13-5-7-25(8-6-13)18(27)28-11-19(20,21)22/h2-4,9-10,13H,5-8,11H2,1H3,(H,24,26). The number of anilines is 1. The maximum absolute atomic E-state index is 12.5. The van der Waals surface area contributed by atoms with Crippen LogP contribution < -0.4 is 5.32 Å². The summed E-state index contributed by atoms with van der Waals surface area (Å²) in [5.74, 6) is -0.508. The summed E-state index contributed by atoms with van der Waals surface area (Å²) in [7, 11) is 0. The van der Waals surface area contributed by atoms with Crippen molar-refractivity contribution in [3.63, 3.8) is 0 Å². The molecule has 6 nitrogen and oxygen atoms in total. The number of hydrogen-bond donors (Lipinski definition) is 1. The average molecular weight is 427 g/mol. The summed E-state index contributed by atoms with van der Waals surface area (Å²) in [6.45, 7) is 0.659.